The summed E-state index contributed by atoms with van der Waals surface area (Å²) in [4.78, 5) is 28.8. The number of fused-ring (bicyclic) bond motifs is 2. The van der Waals surface area contributed by atoms with Crippen molar-refractivity contribution in [2.45, 2.75) is 202 Å². The molecule has 408 valence electrons. The zero-order valence-corrected chi connectivity index (χ0v) is 43.9. The average molecular weight is 1040 g/mol. The van der Waals surface area contributed by atoms with Crippen molar-refractivity contribution in [2.75, 3.05) is 13.1 Å². The minimum atomic E-state index is -2.24. The van der Waals surface area contributed by atoms with Crippen LogP contribution in [0.25, 0.3) is 0 Å². The van der Waals surface area contributed by atoms with Crippen molar-refractivity contribution >= 4 is 20.0 Å². The Hall–Kier alpha value is -3.22. The standard InChI is InChI=1S/C53H86N2O16Si/c1-33-19-17-15-13-11-9-7-8-10-12-14-16-18-20-40(70-52-50(65)47(54)49(64)36(4)69-52)30-44-46(51(66)55-23-25-72(5,6)26-24-55)43(61)32-53(67,71-44)31-39(58)28-42(60)41(59)22-21-37(56)27-38(57)29-45(62)68-35(3)34(2)48(33)63/h7-20,33-44,46-50,52,56-61,63-65,67H,21-32,54H2,1-6H3/b8-7+,11-9+,12-10+,15-13+,16-14+,19-17+,20-18+/t33-,34-,35-,36+,37+,38+,39-,40-,41+,42+,43-,44-,46+,47-,48+,49+,50-,52-,53+/m0/s1. The lowest BCUT2D eigenvalue weighted by Crippen LogP contribution is -2.62. The lowest BCUT2D eigenvalue weighted by molar-refractivity contribution is -0.308. The molecule has 4 aliphatic heterocycles. The second-order valence-electron chi connectivity index (χ2n) is 21.2. The summed E-state index contributed by atoms with van der Waals surface area (Å²) in [6.07, 6.45) is 5.48. The molecule has 19 heteroatoms. The van der Waals surface area contributed by atoms with Crippen LogP contribution >= 0.6 is 0 Å². The normalized spacial score (nSPS) is 44.3. The smallest absolute Gasteiger partial charge is 0.308 e. The summed E-state index contributed by atoms with van der Waals surface area (Å²) < 4.78 is 24.0. The first-order valence-electron chi connectivity index (χ1n) is 25.7. The van der Waals surface area contributed by atoms with E-state index < -0.39 is 149 Å². The Labute approximate surface area is 426 Å². The van der Waals surface area contributed by atoms with E-state index in [9.17, 15) is 60.7 Å². The molecule has 0 saturated carbocycles. The van der Waals surface area contributed by atoms with E-state index in [1.165, 1.54) is 0 Å². The molecule has 4 rings (SSSR count). The van der Waals surface area contributed by atoms with Gasteiger partial charge in [-0.05, 0) is 45.2 Å². The van der Waals surface area contributed by atoms with Crippen LogP contribution in [-0.4, -0.2) is 186 Å². The maximum Gasteiger partial charge on any atom is 0.308 e. The van der Waals surface area contributed by atoms with Crippen molar-refractivity contribution in [2.24, 2.45) is 23.5 Å². The van der Waals surface area contributed by atoms with Crippen molar-refractivity contribution in [3.8, 4) is 0 Å². The molecule has 0 aliphatic carbocycles. The number of hydrogen-bond donors (Lipinski definition) is 11. The van der Waals surface area contributed by atoms with Crippen LogP contribution in [-0.2, 0) is 28.5 Å². The van der Waals surface area contributed by atoms with Gasteiger partial charge in [-0.25, -0.2) is 0 Å². The lowest BCUT2D eigenvalue weighted by Gasteiger charge is -2.47. The monoisotopic (exact) mass is 1030 g/mol. The molecule has 4 heterocycles. The van der Waals surface area contributed by atoms with Gasteiger partial charge in [0.25, 0.3) is 0 Å². The van der Waals surface area contributed by atoms with E-state index in [0.717, 1.165) is 12.1 Å². The number of rotatable bonds is 3. The maximum atomic E-state index is 14.4. The number of amides is 1. The molecule has 0 spiro atoms. The highest BCUT2D eigenvalue weighted by Gasteiger charge is 2.52. The summed E-state index contributed by atoms with van der Waals surface area (Å²) in [7, 11) is -1.53. The first-order valence-corrected chi connectivity index (χ1v) is 29.1. The van der Waals surface area contributed by atoms with Gasteiger partial charge >= 0.3 is 5.97 Å². The zero-order valence-electron chi connectivity index (χ0n) is 42.9. The van der Waals surface area contributed by atoms with Gasteiger partial charge in [0, 0.05) is 50.6 Å². The van der Waals surface area contributed by atoms with Gasteiger partial charge in [-0.1, -0.05) is 112 Å². The number of cyclic esters (lactones) is 1. The molecule has 18 nitrogen and oxygen atoms in total. The van der Waals surface area contributed by atoms with E-state index in [2.05, 4.69) is 13.1 Å². The summed E-state index contributed by atoms with van der Waals surface area (Å²) in [5.41, 5.74) is 6.15. The third kappa shape index (κ3) is 19.5. The fraction of sp³-hybridized carbons (Fsp3) is 0.698. The highest BCUT2D eigenvalue weighted by atomic mass is 28.3. The number of carbonyl (C=O) groups excluding carboxylic acids is 2. The quantitative estimate of drug-likeness (QED) is 0.143. The average Bonchev–Trinajstić information content (AvgIpc) is 3.30. The number of aliphatic hydroxyl groups excluding tert-OH is 9. The number of nitrogens with zero attached hydrogens (tertiary/aromatic N) is 1. The Morgan fingerprint density at radius 1 is 0.681 bits per heavy atom. The lowest BCUT2D eigenvalue weighted by atomic mass is 9.81. The molecule has 0 radical (unpaired) electrons. The highest BCUT2D eigenvalue weighted by Crippen LogP contribution is 2.39. The number of nitrogens with two attached hydrogens (primary N) is 1. The molecule has 72 heavy (non-hydrogen) atoms. The third-order valence-electron chi connectivity index (χ3n) is 14.5. The predicted octanol–water partition coefficient (Wildman–Crippen LogP) is 2.18. The number of esters is 1. The zero-order chi connectivity index (χ0) is 53.3. The largest absolute Gasteiger partial charge is 0.462 e. The molecule has 4 aliphatic rings. The first-order chi connectivity index (χ1) is 33.9. The van der Waals surface area contributed by atoms with Crippen LogP contribution in [0.5, 0.6) is 0 Å². The van der Waals surface area contributed by atoms with Gasteiger partial charge in [-0.2, -0.15) is 0 Å². The van der Waals surface area contributed by atoms with Crippen LogP contribution in [0.15, 0.2) is 85.1 Å². The Morgan fingerprint density at radius 2 is 1.25 bits per heavy atom. The van der Waals surface area contributed by atoms with Crippen LogP contribution in [0.2, 0.25) is 25.2 Å². The van der Waals surface area contributed by atoms with Gasteiger partial charge in [0.05, 0.1) is 93.6 Å². The molecule has 0 aromatic rings. The molecular formula is C53H86N2O16Si. The number of aliphatic hydroxyl groups is 10. The van der Waals surface area contributed by atoms with Crippen LogP contribution < -0.4 is 5.73 Å². The highest BCUT2D eigenvalue weighted by molar-refractivity contribution is 6.77. The Bertz CT molecular complexity index is 1880. The Balaban J connectivity index is 1.62. The van der Waals surface area contributed by atoms with E-state index in [-0.39, 0.29) is 37.5 Å². The predicted molar refractivity (Wildman–Crippen MR) is 273 cm³/mol. The Morgan fingerprint density at radius 3 is 1.85 bits per heavy atom. The molecule has 0 unspecified atom stereocenters. The van der Waals surface area contributed by atoms with Crippen molar-refractivity contribution < 1.29 is 79.6 Å². The van der Waals surface area contributed by atoms with Crippen molar-refractivity contribution in [3.05, 3.63) is 85.1 Å². The molecule has 12 N–H and O–H groups in total. The summed E-state index contributed by atoms with van der Waals surface area (Å²) in [6, 6.07) is 0.602. The topological polar surface area (TPSA) is 303 Å². The van der Waals surface area contributed by atoms with Crippen molar-refractivity contribution in [3.63, 3.8) is 0 Å². The molecule has 19 atom stereocenters. The van der Waals surface area contributed by atoms with E-state index in [4.69, 9.17) is 24.7 Å². The maximum absolute atomic E-state index is 14.4. The van der Waals surface area contributed by atoms with Gasteiger partial charge in [-0.15, -0.1) is 0 Å². The SMILES string of the molecule is C[C@@H]1[C@H](O)[C@@H](C)/C=C/C=C/C=C/C=C/C=C/C=C/C=C/[C@H](O[C@@H]2O[C@H](C)[C@@H](O)[C@H](N)[C@@H]2O)C[C@@H]2O[C@](O)(C[C@@H](O)C[C@@H](O)[C@H](O)CC[C@@H](O)C[C@@H](O)CC(=O)O[C@H]1C)C[C@H](O)[C@H]2C(=O)N1CC[Si](C)(C)CC1. The summed E-state index contributed by atoms with van der Waals surface area (Å²) >= 11 is 0. The number of ether oxygens (including phenoxy) is 4. The summed E-state index contributed by atoms with van der Waals surface area (Å²) in [6.45, 7) is 12.3. The second-order valence-corrected chi connectivity index (χ2v) is 26.5. The molecule has 3 saturated heterocycles. The van der Waals surface area contributed by atoms with Gasteiger partial charge < -0.3 is 80.6 Å². The first kappa shape index (κ1) is 61.3. The minimum Gasteiger partial charge on any atom is -0.462 e. The molecule has 0 aromatic carbocycles. The van der Waals surface area contributed by atoms with E-state index >= 15 is 0 Å². The van der Waals surface area contributed by atoms with E-state index in [1.54, 1.807) is 56.1 Å². The van der Waals surface area contributed by atoms with E-state index in [0.29, 0.717) is 13.1 Å². The number of allylic oxidation sites excluding steroid dienone is 12. The fourth-order valence-electron chi connectivity index (χ4n) is 9.51. The summed E-state index contributed by atoms with van der Waals surface area (Å²) in [5.74, 6) is -5.24. The minimum absolute atomic E-state index is 0.0838. The molecule has 2 bridgehead atoms. The van der Waals surface area contributed by atoms with Gasteiger partial charge in [-0.3, -0.25) is 9.59 Å². The third-order valence-corrected chi connectivity index (χ3v) is 17.6. The van der Waals surface area contributed by atoms with Crippen molar-refractivity contribution in [1.29, 1.82) is 0 Å². The van der Waals surface area contributed by atoms with Crippen LogP contribution in [0.4, 0.5) is 0 Å². The van der Waals surface area contributed by atoms with Gasteiger partial charge in [0.2, 0.25) is 5.91 Å². The summed E-state index contributed by atoms with van der Waals surface area (Å²) in [5, 5.41) is 111. The van der Waals surface area contributed by atoms with Gasteiger partial charge in [0.1, 0.15) is 12.2 Å². The molecule has 0 aromatic heterocycles. The Kier molecular flexibility index (Phi) is 24.9. The van der Waals surface area contributed by atoms with Crippen LogP contribution in [0.3, 0.4) is 0 Å². The number of carbonyl (C=O) groups is 2. The molecular weight excluding hydrogens is 949 g/mol. The molecule has 1 amide bonds. The second kappa shape index (κ2) is 29.2. The van der Waals surface area contributed by atoms with Crippen LogP contribution in [0.1, 0.15) is 79.1 Å². The van der Waals surface area contributed by atoms with E-state index in [1.807, 2.05) is 61.6 Å². The van der Waals surface area contributed by atoms with Gasteiger partial charge in [0.15, 0.2) is 12.1 Å². The fourth-order valence-corrected chi connectivity index (χ4v) is 11.5. The number of hydrogen-bond acceptors (Lipinski definition) is 17. The molecule has 3 fully saturated rings. The van der Waals surface area contributed by atoms with Crippen molar-refractivity contribution in [1.82, 2.24) is 4.90 Å². The van der Waals surface area contributed by atoms with Crippen LogP contribution in [0, 0.1) is 17.8 Å².